The fraction of sp³-hybridized carbons (Fsp3) is 0.308. The summed E-state index contributed by atoms with van der Waals surface area (Å²) in [5.74, 6) is 1.44. The van der Waals surface area contributed by atoms with Crippen LogP contribution in [0, 0.1) is 5.92 Å². The second-order valence-corrected chi connectivity index (χ2v) is 5.28. The van der Waals surface area contributed by atoms with Crippen LogP contribution < -0.4 is 5.73 Å². The summed E-state index contributed by atoms with van der Waals surface area (Å²) in [5, 5.41) is 0.999. The van der Waals surface area contributed by atoms with Crippen LogP contribution >= 0.6 is 23.2 Å². The van der Waals surface area contributed by atoms with E-state index in [0.717, 1.165) is 5.56 Å². The molecule has 1 atom stereocenters. The monoisotopic (exact) mass is 284 g/mol. The first-order valence-corrected chi connectivity index (χ1v) is 6.41. The summed E-state index contributed by atoms with van der Waals surface area (Å²) in [6.07, 6.45) is 1.65. The molecule has 1 heterocycles. The smallest absolute Gasteiger partial charge is 0.212 e. The number of nitrogens with two attached hydrogens (primary N) is 1. The molecule has 0 amide bonds. The fourth-order valence-electron chi connectivity index (χ4n) is 1.51. The Morgan fingerprint density at radius 1 is 1.22 bits per heavy atom. The maximum Gasteiger partial charge on any atom is 0.212 e. The lowest BCUT2D eigenvalue weighted by Crippen LogP contribution is -2.16. The van der Waals surface area contributed by atoms with Crippen LogP contribution in [0.3, 0.4) is 0 Å². The molecule has 0 radical (unpaired) electrons. The Labute approximate surface area is 116 Å². The quantitative estimate of drug-likeness (QED) is 0.914. The van der Waals surface area contributed by atoms with Crippen LogP contribution in [0.2, 0.25) is 10.0 Å². The van der Waals surface area contributed by atoms with E-state index in [1.165, 1.54) is 0 Å². The molecule has 1 unspecified atom stereocenters. The highest BCUT2D eigenvalue weighted by Gasteiger charge is 2.17. The van der Waals surface area contributed by atoms with Crippen LogP contribution in [-0.4, -0.2) is 4.98 Å². The number of aromatic nitrogens is 1. The molecular weight excluding hydrogens is 271 g/mol. The van der Waals surface area contributed by atoms with Gasteiger partial charge in [-0.1, -0.05) is 37.0 Å². The maximum absolute atomic E-state index is 5.98. The summed E-state index contributed by atoms with van der Waals surface area (Å²) in [5.41, 5.74) is 6.81. The molecule has 1 aromatic heterocycles. The van der Waals surface area contributed by atoms with Crippen LogP contribution in [0.5, 0.6) is 0 Å². The number of oxazole rings is 1. The Hall–Kier alpha value is -1.03. The molecular formula is C13H14Cl2N2O. The van der Waals surface area contributed by atoms with Crippen molar-refractivity contribution in [2.45, 2.75) is 19.9 Å². The van der Waals surface area contributed by atoms with Crippen molar-refractivity contribution in [3.05, 3.63) is 40.3 Å². The molecule has 0 aliphatic carbocycles. The van der Waals surface area contributed by atoms with Crippen molar-refractivity contribution in [2.24, 2.45) is 11.7 Å². The highest BCUT2D eigenvalue weighted by molar-refractivity contribution is 6.42. The van der Waals surface area contributed by atoms with Gasteiger partial charge in [-0.05, 0) is 24.1 Å². The second kappa shape index (κ2) is 5.31. The number of rotatable bonds is 3. The van der Waals surface area contributed by atoms with Gasteiger partial charge in [0, 0.05) is 5.56 Å². The van der Waals surface area contributed by atoms with Gasteiger partial charge < -0.3 is 10.2 Å². The van der Waals surface area contributed by atoms with E-state index < -0.39 is 0 Å². The van der Waals surface area contributed by atoms with Crippen molar-refractivity contribution in [2.75, 3.05) is 0 Å². The first-order valence-electron chi connectivity index (χ1n) is 5.65. The van der Waals surface area contributed by atoms with Crippen molar-refractivity contribution in [3.8, 4) is 11.3 Å². The highest BCUT2D eigenvalue weighted by Crippen LogP contribution is 2.30. The molecule has 3 nitrogen and oxygen atoms in total. The summed E-state index contributed by atoms with van der Waals surface area (Å²) in [6, 6.07) is 5.10. The van der Waals surface area contributed by atoms with Gasteiger partial charge in [0.15, 0.2) is 5.76 Å². The zero-order valence-electron chi connectivity index (χ0n) is 10.2. The van der Waals surface area contributed by atoms with Crippen LogP contribution in [-0.2, 0) is 0 Å². The summed E-state index contributed by atoms with van der Waals surface area (Å²) >= 11 is 11.8. The Balaban J connectivity index is 2.32. The van der Waals surface area contributed by atoms with E-state index in [-0.39, 0.29) is 12.0 Å². The van der Waals surface area contributed by atoms with Crippen molar-refractivity contribution in [1.82, 2.24) is 4.98 Å². The minimum atomic E-state index is -0.207. The molecule has 1 aromatic carbocycles. The maximum atomic E-state index is 5.98. The third-order valence-corrected chi connectivity index (χ3v) is 3.47. The van der Waals surface area contributed by atoms with E-state index in [2.05, 4.69) is 4.98 Å². The Morgan fingerprint density at radius 2 is 1.94 bits per heavy atom. The van der Waals surface area contributed by atoms with Gasteiger partial charge in [-0.25, -0.2) is 4.98 Å². The van der Waals surface area contributed by atoms with Gasteiger partial charge >= 0.3 is 0 Å². The van der Waals surface area contributed by atoms with Gasteiger partial charge in [0.25, 0.3) is 0 Å². The fourth-order valence-corrected chi connectivity index (χ4v) is 1.81. The summed E-state index contributed by atoms with van der Waals surface area (Å²) in [4.78, 5) is 4.20. The van der Waals surface area contributed by atoms with Gasteiger partial charge in [-0.3, -0.25) is 0 Å². The van der Waals surface area contributed by atoms with E-state index in [4.69, 9.17) is 33.4 Å². The van der Waals surface area contributed by atoms with Gasteiger partial charge in [0.05, 0.1) is 22.3 Å². The molecule has 2 aromatic rings. The number of hydrogen-bond donors (Lipinski definition) is 1. The standard InChI is InChI=1S/C13H14Cl2N2O/c1-7(2)12(16)13-17-6-11(18-13)8-3-4-9(14)10(15)5-8/h3-7,12H,16H2,1-2H3. The predicted octanol–water partition coefficient (Wildman–Crippen LogP) is 4.30. The molecule has 0 aliphatic rings. The minimum Gasteiger partial charge on any atom is -0.439 e. The Morgan fingerprint density at radius 3 is 2.56 bits per heavy atom. The van der Waals surface area contributed by atoms with Gasteiger partial charge in [0.2, 0.25) is 5.89 Å². The first kappa shape index (κ1) is 13.4. The molecule has 18 heavy (non-hydrogen) atoms. The zero-order valence-corrected chi connectivity index (χ0v) is 11.7. The summed E-state index contributed by atoms with van der Waals surface area (Å²) in [6.45, 7) is 4.04. The molecule has 0 fully saturated rings. The lowest BCUT2D eigenvalue weighted by atomic mass is 10.1. The number of benzene rings is 1. The van der Waals surface area contributed by atoms with E-state index >= 15 is 0 Å². The van der Waals surface area contributed by atoms with E-state index in [0.29, 0.717) is 21.7 Å². The zero-order chi connectivity index (χ0) is 13.3. The molecule has 0 aliphatic heterocycles. The average Bonchev–Trinajstić information content (AvgIpc) is 2.81. The summed E-state index contributed by atoms with van der Waals surface area (Å²) < 4.78 is 5.65. The molecule has 0 saturated heterocycles. The van der Waals surface area contributed by atoms with Gasteiger partial charge in [-0.15, -0.1) is 0 Å². The Kier molecular flexibility index (Phi) is 3.95. The van der Waals surface area contributed by atoms with Crippen molar-refractivity contribution < 1.29 is 4.42 Å². The molecule has 5 heteroatoms. The molecule has 2 rings (SSSR count). The van der Waals surface area contributed by atoms with E-state index in [1.54, 1.807) is 18.3 Å². The SMILES string of the molecule is CC(C)C(N)c1ncc(-c2ccc(Cl)c(Cl)c2)o1. The van der Waals surface area contributed by atoms with Crippen LogP contribution in [0.15, 0.2) is 28.8 Å². The largest absolute Gasteiger partial charge is 0.439 e. The molecule has 0 bridgehead atoms. The summed E-state index contributed by atoms with van der Waals surface area (Å²) in [7, 11) is 0. The van der Waals surface area contributed by atoms with Crippen molar-refractivity contribution in [1.29, 1.82) is 0 Å². The molecule has 0 spiro atoms. The highest BCUT2D eigenvalue weighted by atomic mass is 35.5. The third-order valence-electron chi connectivity index (χ3n) is 2.73. The van der Waals surface area contributed by atoms with Crippen LogP contribution in [0.4, 0.5) is 0 Å². The topological polar surface area (TPSA) is 52.0 Å². The number of nitrogens with zero attached hydrogens (tertiary/aromatic N) is 1. The normalized spacial score (nSPS) is 13.0. The van der Waals surface area contributed by atoms with Gasteiger partial charge in [0.1, 0.15) is 0 Å². The van der Waals surface area contributed by atoms with E-state index in [1.807, 2.05) is 19.9 Å². The number of halogens is 2. The lowest BCUT2D eigenvalue weighted by molar-refractivity contribution is 0.394. The van der Waals surface area contributed by atoms with E-state index in [9.17, 15) is 0 Å². The van der Waals surface area contributed by atoms with Crippen LogP contribution in [0.1, 0.15) is 25.8 Å². The molecule has 96 valence electrons. The minimum absolute atomic E-state index is 0.207. The molecule has 2 N–H and O–H groups in total. The van der Waals surface area contributed by atoms with Crippen molar-refractivity contribution >= 4 is 23.2 Å². The number of hydrogen-bond acceptors (Lipinski definition) is 3. The average molecular weight is 285 g/mol. The first-order chi connectivity index (χ1) is 8.49. The second-order valence-electron chi connectivity index (χ2n) is 4.46. The lowest BCUT2D eigenvalue weighted by Gasteiger charge is -2.10. The predicted molar refractivity (Wildman–Crippen MR) is 73.7 cm³/mol. The van der Waals surface area contributed by atoms with Crippen molar-refractivity contribution in [3.63, 3.8) is 0 Å². The molecule has 0 saturated carbocycles. The van der Waals surface area contributed by atoms with Gasteiger partial charge in [-0.2, -0.15) is 0 Å². The Bertz CT molecular complexity index is 552. The third kappa shape index (κ3) is 2.69. The van der Waals surface area contributed by atoms with Crippen LogP contribution in [0.25, 0.3) is 11.3 Å².